The third-order valence-corrected chi connectivity index (χ3v) is 4.94. The molecule has 122 valence electrons. The van der Waals surface area contributed by atoms with Crippen LogP contribution < -0.4 is 10.5 Å². The number of thiophene rings is 1. The predicted octanol–water partition coefficient (Wildman–Crippen LogP) is 1.54. The molecule has 0 saturated heterocycles. The van der Waals surface area contributed by atoms with Gasteiger partial charge in [0.05, 0.1) is 19.6 Å². The minimum Gasteiger partial charge on any atom is -0.347 e. The first-order chi connectivity index (χ1) is 10.7. The Kier molecular flexibility index (Phi) is 4.78. The van der Waals surface area contributed by atoms with Gasteiger partial charge in [0, 0.05) is 12.6 Å². The van der Waals surface area contributed by atoms with Crippen LogP contribution in [0.3, 0.4) is 0 Å². The van der Waals surface area contributed by atoms with E-state index in [-0.39, 0.29) is 22.0 Å². The van der Waals surface area contributed by atoms with Crippen molar-refractivity contribution in [3.63, 3.8) is 0 Å². The van der Waals surface area contributed by atoms with E-state index in [9.17, 15) is 23.3 Å². The van der Waals surface area contributed by atoms with Gasteiger partial charge in [0.2, 0.25) is 10.0 Å². The van der Waals surface area contributed by atoms with Crippen molar-refractivity contribution in [3.05, 3.63) is 55.8 Å². The molecule has 0 spiro atoms. The monoisotopic (exact) mass is 355 g/mol. The number of rotatable bonds is 5. The number of hydrogen-bond acceptors (Lipinski definition) is 6. The molecule has 0 aliphatic rings. The van der Waals surface area contributed by atoms with Crippen LogP contribution in [-0.2, 0) is 16.6 Å². The van der Waals surface area contributed by atoms with Crippen LogP contribution in [0.25, 0.3) is 0 Å². The van der Waals surface area contributed by atoms with Crippen molar-refractivity contribution < 1.29 is 18.1 Å². The van der Waals surface area contributed by atoms with Gasteiger partial charge in [-0.25, -0.2) is 13.6 Å². The fourth-order valence-electron chi connectivity index (χ4n) is 1.87. The maximum atomic E-state index is 12.0. The lowest BCUT2D eigenvalue weighted by Gasteiger charge is -2.05. The van der Waals surface area contributed by atoms with Crippen LogP contribution in [0, 0.1) is 17.0 Å². The first-order valence-electron chi connectivity index (χ1n) is 6.33. The van der Waals surface area contributed by atoms with Gasteiger partial charge in [-0.3, -0.25) is 14.9 Å². The van der Waals surface area contributed by atoms with Gasteiger partial charge in [0.1, 0.15) is 0 Å². The second kappa shape index (κ2) is 6.44. The summed E-state index contributed by atoms with van der Waals surface area (Å²) in [5.74, 6) is -0.466. The Hall–Kier alpha value is -2.30. The van der Waals surface area contributed by atoms with Crippen molar-refractivity contribution in [2.24, 2.45) is 5.14 Å². The minimum atomic E-state index is -3.81. The number of benzene rings is 1. The normalized spacial score (nSPS) is 11.2. The van der Waals surface area contributed by atoms with Gasteiger partial charge < -0.3 is 5.32 Å². The van der Waals surface area contributed by atoms with E-state index in [0.29, 0.717) is 10.4 Å². The lowest BCUT2D eigenvalue weighted by Crippen LogP contribution is -2.22. The van der Waals surface area contributed by atoms with Crippen molar-refractivity contribution in [2.75, 3.05) is 0 Å². The molecule has 23 heavy (non-hydrogen) atoms. The van der Waals surface area contributed by atoms with E-state index in [0.717, 1.165) is 11.3 Å². The number of amides is 1. The van der Waals surface area contributed by atoms with Crippen LogP contribution in [0.5, 0.6) is 0 Å². The molecule has 0 saturated carbocycles. The molecule has 0 aliphatic heterocycles. The van der Waals surface area contributed by atoms with Gasteiger partial charge in [-0.2, -0.15) is 0 Å². The highest BCUT2D eigenvalue weighted by atomic mass is 32.2. The summed E-state index contributed by atoms with van der Waals surface area (Å²) in [4.78, 5) is 22.9. The molecular formula is C13H13N3O5S2. The zero-order valence-electron chi connectivity index (χ0n) is 12.0. The van der Waals surface area contributed by atoms with Crippen molar-refractivity contribution in [1.82, 2.24) is 5.32 Å². The van der Waals surface area contributed by atoms with E-state index in [1.54, 1.807) is 13.0 Å². The zero-order valence-corrected chi connectivity index (χ0v) is 13.6. The third kappa shape index (κ3) is 4.12. The maximum absolute atomic E-state index is 12.0. The number of nitrogens with zero attached hydrogens (tertiary/aromatic N) is 1. The number of sulfonamides is 1. The molecule has 1 aromatic heterocycles. The average molecular weight is 355 g/mol. The Morgan fingerprint density at radius 1 is 1.39 bits per heavy atom. The molecule has 2 rings (SSSR count). The number of hydrogen-bond donors (Lipinski definition) is 2. The molecule has 0 fully saturated rings. The van der Waals surface area contributed by atoms with Crippen molar-refractivity contribution in [3.8, 4) is 0 Å². The predicted molar refractivity (Wildman–Crippen MR) is 84.7 cm³/mol. The molecule has 0 bridgehead atoms. The lowest BCUT2D eigenvalue weighted by atomic mass is 10.2. The second-order valence-electron chi connectivity index (χ2n) is 4.68. The SMILES string of the molecule is Cc1sc(C(=O)NCc2cccc(S(N)(=O)=O)c2)cc1[N+](=O)[O-]. The van der Waals surface area contributed by atoms with Gasteiger partial charge in [-0.15, -0.1) is 11.3 Å². The summed E-state index contributed by atoms with van der Waals surface area (Å²) in [6.07, 6.45) is 0. The quantitative estimate of drug-likeness (QED) is 0.620. The first kappa shape index (κ1) is 17.1. The number of carbonyl (C=O) groups is 1. The fraction of sp³-hybridized carbons (Fsp3) is 0.154. The molecular weight excluding hydrogens is 342 g/mol. The summed E-state index contributed by atoms with van der Waals surface area (Å²) in [5, 5.41) is 18.4. The maximum Gasteiger partial charge on any atom is 0.283 e. The highest BCUT2D eigenvalue weighted by Gasteiger charge is 2.19. The van der Waals surface area contributed by atoms with Gasteiger partial charge in [-0.05, 0) is 24.6 Å². The Balaban J connectivity index is 2.11. The number of carbonyl (C=O) groups excluding carboxylic acids is 1. The van der Waals surface area contributed by atoms with Crippen molar-refractivity contribution >= 4 is 33.0 Å². The largest absolute Gasteiger partial charge is 0.347 e. The van der Waals surface area contributed by atoms with E-state index >= 15 is 0 Å². The summed E-state index contributed by atoms with van der Waals surface area (Å²) < 4.78 is 22.6. The molecule has 0 atom stereocenters. The van der Waals surface area contributed by atoms with Crippen molar-refractivity contribution in [1.29, 1.82) is 0 Å². The van der Waals surface area contributed by atoms with Crippen LogP contribution in [0.2, 0.25) is 0 Å². The summed E-state index contributed by atoms with van der Waals surface area (Å²) in [5.41, 5.74) is 0.448. The molecule has 1 amide bonds. The Bertz CT molecular complexity index is 873. The van der Waals surface area contributed by atoms with Crippen LogP contribution in [-0.4, -0.2) is 19.2 Å². The van der Waals surface area contributed by atoms with E-state index in [1.165, 1.54) is 24.3 Å². The summed E-state index contributed by atoms with van der Waals surface area (Å²) in [6, 6.07) is 7.08. The number of nitro groups is 1. The van der Waals surface area contributed by atoms with Crippen LogP contribution in [0.1, 0.15) is 20.1 Å². The van der Waals surface area contributed by atoms with Crippen LogP contribution in [0.4, 0.5) is 5.69 Å². The highest BCUT2D eigenvalue weighted by molar-refractivity contribution is 7.89. The molecule has 0 unspecified atom stereocenters. The van der Waals surface area contributed by atoms with E-state index in [1.807, 2.05) is 0 Å². The van der Waals surface area contributed by atoms with Gasteiger partial charge in [0.15, 0.2) is 0 Å². The smallest absolute Gasteiger partial charge is 0.283 e. The standard InChI is InChI=1S/C13H13N3O5S2/c1-8-11(16(18)19)6-12(22-8)13(17)15-7-9-3-2-4-10(5-9)23(14,20)21/h2-6H,7H2,1H3,(H,15,17)(H2,14,20,21). The lowest BCUT2D eigenvalue weighted by molar-refractivity contribution is -0.385. The number of aryl methyl sites for hydroxylation is 1. The van der Waals surface area contributed by atoms with Gasteiger partial charge >= 0.3 is 0 Å². The summed E-state index contributed by atoms with van der Waals surface area (Å²) >= 11 is 1.02. The van der Waals surface area contributed by atoms with E-state index in [2.05, 4.69) is 5.32 Å². The third-order valence-electron chi connectivity index (χ3n) is 2.99. The van der Waals surface area contributed by atoms with Gasteiger partial charge in [0.25, 0.3) is 11.6 Å². The summed E-state index contributed by atoms with van der Waals surface area (Å²) in [7, 11) is -3.81. The molecule has 8 nitrogen and oxygen atoms in total. The second-order valence-corrected chi connectivity index (χ2v) is 7.50. The first-order valence-corrected chi connectivity index (χ1v) is 8.69. The van der Waals surface area contributed by atoms with Crippen molar-refractivity contribution in [2.45, 2.75) is 18.4 Å². The van der Waals surface area contributed by atoms with E-state index in [4.69, 9.17) is 5.14 Å². The highest BCUT2D eigenvalue weighted by Crippen LogP contribution is 2.27. The topological polar surface area (TPSA) is 132 Å². The van der Waals surface area contributed by atoms with E-state index < -0.39 is 20.9 Å². The Morgan fingerprint density at radius 2 is 2.09 bits per heavy atom. The molecule has 2 aromatic rings. The minimum absolute atomic E-state index is 0.0492. The Morgan fingerprint density at radius 3 is 2.65 bits per heavy atom. The summed E-state index contributed by atoms with van der Waals surface area (Å²) in [6.45, 7) is 1.64. The van der Waals surface area contributed by atoms with Crippen LogP contribution in [0.15, 0.2) is 35.2 Å². The molecule has 1 aromatic carbocycles. The number of primary sulfonamides is 1. The number of nitrogens with one attached hydrogen (secondary N) is 1. The average Bonchev–Trinajstić information content (AvgIpc) is 2.86. The van der Waals surface area contributed by atoms with Gasteiger partial charge in [-0.1, -0.05) is 12.1 Å². The Labute approximate surface area is 136 Å². The molecule has 1 heterocycles. The molecule has 0 radical (unpaired) electrons. The molecule has 0 aliphatic carbocycles. The molecule has 3 N–H and O–H groups in total. The van der Waals surface area contributed by atoms with Crippen LogP contribution >= 0.6 is 11.3 Å². The number of nitrogens with two attached hydrogens (primary N) is 1. The zero-order chi connectivity index (χ0) is 17.2. The molecule has 10 heteroatoms. The fourth-order valence-corrected chi connectivity index (χ4v) is 3.35.